The minimum Gasteiger partial charge on any atom is -0.327 e. The van der Waals surface area contributed by atoms with Crippen molar-refractivity contribution in [1.29, 1.82) is 0 Å². The van der Waals surface area contributed by atoms with Crippen LogP contribution in [-0.2, 0) is 6.42 Å². The van der Waals surface area contributed by atoms with Crippen LogP contribution in [0, 0.1) is 5.41 Å². The zero-order chi connectivity index (χ0) is 12.2. The van der Waals surface area contributed by atoms with Crippen LogP contribution in [-0.4, -0.2) is 6.04 Å². The van der Waals surface area contributed by atoms with Crippen LogP contribution < -0.4 is 5.73 Å². The van der Waals surface area contributed by atoms with Gasteiger partial charge in [-0.05, 0) is 36.3 Å². The van der Waals surface area contributed by atoms with Crippen LogP contribution in [0.4, 0.5) is 0 Å². The highest BCUT2D eigenvalue weighted by atomic mass is 79.9. The van der Waals surface area contributed by atoms with Crippen molar-refractivity contribution in [3.63, 3.8) is 0 Å². The molecule has 0 fully saturated rings. The van der Waals surface area contributed by atoms with Gasteiger partial charge < -0.3 is 5.73 Å². The summed E-state index contributed by atoms with van der Waals surface area (Å²) in [5.41, 5.74) is 7.85. The van der Waals surface area contributed by atoms with Crippen molar-refractivity contribution in [1.82, 2.24) is 0 Å². The maximum Gasteiger partial charge on any atom is 0.0207 e. The van der Waals surface area contributed by atoms with Gasteiger partial charge >= 0.3 is 0 Å². The number of hydrogen-bond donors (Lipinski definition) is 1. The molecule has 1 atom stereocenters. The van der Waals surface area contributed by atoms with E-state index in [1.165, 1.54) is 16.5 Å². The molecule has 0 aliphatic heterocycles. The van der Waals surface area contributed by atoms with Crippen molar-refractivity contribution in [3.8, 4) is 0 Å². The molecule has 90 valence electrons. The predicted molar refractivity (Wildman–Crippen MR) is 74.5 cm³/mol. The molecule has 0 radical (unpaired) electrons. The van der Waals surface area contributed by atoms with Crippen LogP contribution in [0.5, 0.6) is 0 Å². The SMILES string of the molecule is CC(C)(C)CCC(N)Cc1ccccc1Br. The van der Waals surface area contributed by atoms with E-state index in [0.29, 0.717) is 5.41 Å². The van der Waals surface area contributed by atoms with Crippen LogP contribution >= 0.6 is 15.9 Å². The van der Waals surface area contributed by atoms with E-state index in [1.807, 2.05) is 6.07 Å². The van der Waals surface area contributed by atoms with Gasteiger partial charge in [-0.15, -0.1) is 0 Å². The molecule has 2 N–H and O–H groups in total. The molecule has 2 heteroatoms. The molecule has 1 unspecified atom stereocenters. The molecule has 0 heterocycles. The average Bonchev–Trinajstić information content (AvgIpc) is 2.18. The number of halogens is 1. The fourth-order valence-electron chi connectivity index (χ4n) is 1.67. The predicted octanol–water partition coefficient (Wildman–Crippen LogP) is 4.15. The van der Waals surface area contributed by atoms with E-state index in [1.54, 1.807) is 0 Å². The second-order valence-electron chi connectivity index (χ2n) is 5.65. The smallest absolute Gasteiger partial charge is 0.0207 e. The van der Waals surface area contributed by atoms with E-state index in [0.717, 1.165) is 12.8 Å². The Morgan fingerprint density at radius 1 is 1.25 bits per heavy atom. The Kier molecular flexibility index (Phi) is 5.00. The Labute approximate surface area is 108 Å². The van der Waals surface area contributed by atoms with E-state index >= 15 is 0 Å². The van der Waals surface area contributed by atoms with Crippen molar-refractivity contribution in [3.05, 3.63) is 34.3 Å². The summed E-state index contributed by atoms with van der Waals surface area (Å²) in [4.78, 5) is 0. The third-order valence-corrected chi connectivity index (χ3v) is 3.48. The Morgan fingerprint density at radius 3 is 2.44 bits per heavy atom. The van der Waals surface area contributed by atoms with Crippen molar-refractivity contribution in [2.24, 2.45) is 11.1 Å². The second kappa shape index (κ2) is 5.83. The van der Waals surface area contributed by atoms with E-state index in [-0.39, 0.29) is 6.04 Å². The lowest BCUT2D eigenvalue weighted by atomic mass is 9.87. The summed E-state index contributed by atoms with van der Waals surface area (Å²) < 4.78 is 1.17. The van der Waals surface area contributed by atoms with Crippen molar-refractivity contribution < 1.29 is 0 Å². The summed E-state index contributed by atoms with van der Waals surface area (Å²) in [6, 6.07) is 8.58. The topological polar surface area (TPSA) is 26.0 Å². The Bertz CT molecular complexity index is 328. The van der Waals surface area contributed by atoms with Gasteiger partial charge in [-0.25, -0.2) is 0 Å². The minimum absolute atomic E-state index is 0.262. The molecule has 0 aliphatic carbocycles. The lowest BCUT2D eigenvalue weighted by Crippen LogP contribution is -2.24. The molecule has 0 aliphatic rings. The zero-order valence-corrected chi connectivity index (χ0v) is 12.0. The van der Waals surface area contributed by atoms with Gasteiger partial charge in [-0.3, -0.25) is 0 Å². The molecule has 0 aromatic heterocycles. The van der Waals surface area contributed by atoms with Gasteiger partial charge in [0.05, 0.1) is 0 Å². The first-order valence-electron chi connectivity index (χ1n) is 5.87. The summed E-state index contributed by atoms with van der Waals surface area (Å²) in [5, 5.41) is 0. The number of hydrogen-bond acceptors (Lipinski definition) is 1. The highest BCUT2D eigenvalue weighted by molar-refractivity contribution is 9.10. The number of rotatable bonds is 4. The molecular formula is C14H22BrN. The van der Waals surface area contributed by atoms with Crippen molar-refractivity contribution in [2.45, 2.75) is 46.1 Å². The van der Waals surface area contributed by atoms with Crippen LogP contribution in [0.25, 0.3) is 0 Å². The molecular weight excluding hydrogens is 262 g/mol. The maximum absolute atomic E-state index is 6.16. The highest BCUT2D eigenvalue weighted by Gasteiger charge is 2.13. The van der Waals surface area contributed by atoms with Crippen LogP contribution in [0.15, 0.2) is 28.7 Å². The van der Waals surface area contributed by atoms with Gasteiger partial charge in [0, 0.05) is 10.5 Å². The summed E-state index contributed by atoms with van der Waals surface area (Å²) in [6.45, 7) is 6.79. The van der Waals surface area contributed by atoms with Crippen LogP contribution in [0.3, 0.4) is 0 Å². The summed E-state index contributed by atoms with van der Waals surface area (Å²) in [7, 11) is 0. The molecule has 0 amide bonds. The van der Waals surface area contributed by atoms with E-state index in [9.17, 15) is 0 Å². The largest absolute Gasteiger partial charge is 0.327 e. The lowest BCUT2D eigenvalue weighted by molar-refractivity contribution is 0.347. The lowest BCUT2D eigenvalue weighted by Gasteiger charge is -2.21. The van der Waals surface area contributed by atoms with Crippen molar-refractivity contribution in [2.75, 3.05) is 0 Å². The van der Waals surface area contributed by atoms with Crippen LogP contribution in [0.1, 0.15) is 39.2 Å². The number of benzene rings is 1. The zero-order valence-electron chi connectivity index (χ0n) is 10.5. The Morgan fingerprint density at radius 2 is 1.88 bits per heavy atom. The number of nitrogens with two attached hydrogens (primary N) is 1. The average molecular weight is 284 g/mol. The molecule has 16 heavy (non-hydrogen) atoms. The third kappa shape index (κ3) is 5.13. The Balaban J connectivity index is 2.46. The van der Waals surface area contributed by atoms with E-state index in [4.69, 9.17) is 5.73 Å². The molecule has 0 saturated heterocycles. The fourth-order valence-corrected chi connectivity index (χ4v) is 2.11. The second-order valence-corrected chi connectivity index (χ2v) is 6.51. The first-order valence-corrected chi connectivity index (χ1v) is 6.67. The highest BCUT2D eigenvalue weighted by Crippen LogP contribution is 2.23. The quantitative estimate of drug-likeness (QED) is 0.883. The first kappa shape index (κ1) is 13.7. The van der Waals surface area contributed by atoms with Gasteiger partial charge in [0.25, 0.3) is 0 Å². The molecule has 0 saturated carbocycles. The molecule has 0 spiro atoms. The molecule has 0 bridgehead atoms. The first-order chi connectivity index (χ1) is 7.38. The summed E-state index contributed by atoms with van der Waals surface area (Å²) in [5.74, 6) is 0. The summed E-state index contributed by atoms with van der Waals surface area (Å²) >= 11 is 3.56. The van der Waals surface area contributed by atoms with Gasteiger partial charge in [0.15, 0.2) is 0 Å². The standard InChI is InChI=1S/C14H22BrN/c1-14(2,3)9-8-12(16)10-11-6-4-5-7-13(11)15/h4-7,12H,8-10,16H2,1-3H3. The molecule has 1 aromatic carbocycles. The van der Waals surface area contributed by atoms with E-state index < -0.39 is 0 Å². The third-order valence-electron chi connectivity index (χ3n) is 2.71. The molecule has 1 aromatic rings. The van der Waals surface area contributed by atoms with E-state index in [2.05, 4.69) is 54.9 Å². The normalized spacial score (nSPS) is 13.8. The molecule has 1 nitrogen and oxygen atoms in total. The van der Waals surface area contributed by atoms with Gasteiger partial charge in [-0.1, -0.05) is 54.9 Å². The molecule has 1 rings (SSSR count). The maximum atomic E-state index is 6.16. The van der Waals surface area contributed by atoms with Crippen molar-refractivity contribution >= 4 is 15.9 Å². The monoisotopic (exact) mass is 283 g/mol. The summed E-state index contributed by atoms with van der Waals surface area (Å²) in [6.07, 6.45) is 3.22. The van der Waals surface area contributed by atoms with Crippen LogP contribution in [0.2, 0.25) is 0 Å². The minimum atomic E-state index is 0.262. The van der Waals surface area contributed by atoms with Gasteiger partial charge in [0.1, 0.15) is 0 Å². The Hall–Kier alpha value is -0.340. The fraction of sp³-hybridized carbons (Fsp3) is 0.571. The van der Waals surface area contributed by atoms with Gasteiger partial charge in [0.2, 0.25) is 0 Å². The van der Waals surface area contributed by atoms with Gasteiger partial charge in [-0.2, -0.15) is 0 Å².